The standard InChI is InChI=1S/C13H27N3O/c1-10(2)16(4)9-7-11-6-5-8-13(11,15-3)12(14)17/h10-11,15H,5-9H2,1-4H3,(H2,14,17). The molecular formula is C13H27N3O. The Balaban J connectivity index is 2.60. The van der Waals surface area contributed by atoms with Crippen LogP contribution in [0.1, 0.15) is 39.5 Å². The normalized spacial score (nSPS) is 29.2. The van der Waals surface area contributed by atoms with E-state index in [0.717, 1.165) is 32.2 Å². The van der Waals surface area contributed by atoms with E-state index in [2.05, 4.69) is 31.1 Å². The van der Waals surface area contributed by atoms with Gasteiger partial charge in [-0.05, 0) is 59.7 Å². The topological polar surface area (TPSA) is 58.4 Å². The summed E-state index contributed by atoms with van der Waals surface area (Å²) in [5, 5.41) is 3.19. The number of carbonyl (C=O) groups is 1. The molecule has 0 aromatic heterocycles. The Kier molecular flexibility index (Phi) is 4.95. The lowest BCUT2D eigenvalue weighted by Crippen LogP contribution is -2.56. The number of primary amides is 1. The van der Waals surface area contributed by atoms with Crippen molar-refractivity contribution in [2.75, 3.05) is 20.6 Å². The highest BCUT2D eigenvalue weighted by molar-refractivity contribution is 5.85. The number of hydrogen-bond acceptors (Lipinski definition) is 3. The molecule has 1 amide bonds. The van der Waals surface area contributed by atoms with Crippen LogP contribution in [0.5, 0.6) is 0 Å². The van der Waals surface area contributed by atoms with E-state index in [-0.39, 0.29) is 5.91 Å². The molecule has 2 unspecified atom stereocenters. The third-order valence-electron chi connectivity index (χ3n) is 4.42. The predicted octanol–water partition coefficient (Wildman–Crippen LogP) is 0.960. The number of hydrogen-bond donors (Lipinski definition) is 2. The van der Waals surface area contributed by atoms with Crippen LogP contribution in [0.4, 0.5) is 0 Å². The molecule has 4 heteroatoms. The number of nitrogens with zero attached hydrogens (tertiary/aromatic N) is 1. The summed E-state index contributed by atoms with van der Waals surface area (Å²) in [6.07, 6.45) is 4.13. The minimum absolute atomic E-state index is 0.185. The number of nitrogens with one attached hydrogen (secondary N) is 1. The van der Waals surface area contributed by atoms with Crippen LogP contribution >= 0.6 is 0 Å². The molecule has 1 aliphatic carbocycles. The molecule has 0 bridgehead atoms. The van der Waals surface area contributed by atoms with E-state index in [0.29, 0.717) is 12.0 Å². The molecule has 0 heterocycles. The Hall–Kier alpha value is -0.610. The first-order valence-corrected chi connectivity index (χ1v) is 6.63. The first-order valence-electron chi connectivity index (χ1n) is 6.63. The van der Waals surface area contributed by atoms with Gasteiger partial charge in [-0.25, -0.2) is 0 Å². The van der Waals surface area contributed by atoms with E-state index in [1.165, 1.54) is 0 Å². The van der Waals surface area contributed by atoms with Gasteiger partial charge in [-0.15, -0.1) is 0 Å². The fraction of sp³-hybridized carbons (Fsp3) is 0.923. The first kappa shape index (κ1) is 14.5. The van der Waals surface area contributed by atoms with Crippen LogP contribution in [0, 0.1) is 5.92 Å². The Morgan fingerprint density at radius 2 is 2.24 bits per heavy atom. The van der Waals surface area contributed by atoms with Gasteiger partial charge in [0.2, 0.25) is 5.91 Å². The van der Waals surface area contributed by atoms with Gasteiger partial charge >= 0.3 is 0 Å². The van der Waals surface area contributed by atoms with E-state index in [1.54, 1.807) is 0 Å². The molecule has 17 heavy (non-hydrogen) atoms. The van der Waals surface area contributed by atoms with E-state index in [4.69, 9.17) is 5.73 Å². The molecule has 1 aliphatic rings. The molecule has 1 fully saturated rings. The summed E-state index contributed by atoms with van der Waals surface area (Å²) >= 11 is 0. The summed E-state index contributed by atoms with van der Waals surface area (Å²) in [4.78, 5) is 14.0. The molecule has 0 saturated heterocycles. The molecule has 0 radical (unpaired) electrons. The van der Waals surface area contributed by atoms with Gasteiger partial charge in [-0.3, -0.25) is 4.79 Å². The second-order valence-corrected chi connectivity index (χ2v) is 5.54. The number of carbonyl (C=O) groups excluding carboxylic acids is 1. The van der Waals surface area contributed by atoms with E-state index >= 15 is 0 Å². The van der Waals surface area contributed by atoms with Gasteiger partial charge in [0.25, 0.3) is 0 Å². The lowest BCUT2D eigenvalue weighted by molar-refractivity contribution is -0.125. The zero-order valence-electron chi connectivity index (χ0n) is 11.6. The summed E-state index contributed by atoms with van der Waals surface area (Å²) in [7, 11) is 3.99. The molecule has 100 valence electrons. The molecule has 4 nitrogen and oxygen atoms in total. The number of amides is 1. The fourth-order valence-corrected chi connectivity index (χ4v) is 2.86. The lowest BCUT2D eigenvalue weighted by Gasteiger charge is -2.33. The van der Waals surface area contributed by atoms with Crippen molar-refractivity contribution in [3.8, 4) is 0 Å². The first-order chi connectivity index (χ1) is 7.94. The zero-order valence-corrected chi connectivity index (χ0v) is 11.6. The van der Waals surface area contributed by atoms with Crippen molar-refractivity contribution in [3.05, 3.63) is 0 Å². The van der Waals surface area contributed by atoms with Crippen LogP contribution in [-0.4, -0.2) is 43.0 Å². The second-order valence-electron chi connectivity index (χ2n) is 5.54. The maximum Gasteiger partial charge on any atom is 0.238 e. The van der Waals surface area contributed by atoms with Crippen molar-refractivity contribution in [1.82, 2.24) is 10.2 Å². The molecule has 0 aliphatic heterocycles. The fourth-order valence-electron chi connectivity index (χ4n) is 2.86. The van der Waals surface area contributed by atoms with Crippen LogP contribution in [0.25, 0.3) is 0 Å². The summed E-state index contributed by atoms with van der Waals surface area (Å²) in [6, 6.07) is 0.550. The SMILES string of the molecule is CNC1(C(N)=O)CCCC1CCN(C)C(C)C. The highest BCUT2D eigenvalue weighted by atomic mass is 16.1. The predicted molar refractivity (Wildman–Crippen MR) is 70.7 cm³/mol. The van der Waals surface area contributed by atoms with Crippen molar-refractivity contribution in [2.24, 2.45) is 11.7 Å². The highest BCUT2D eigenvalue weighted by Gasteiger charge is 2.46. The van der Waals surface area contributed by atoms with E-state index in [9.17, 15) is 4.79 Å². The van der Waals surface area contributed by atoms with Gasteiger partial charge in [-0.1, -0.05) is 6.42 Å². The summed E-state index contributed by atoms with van der Waals surface area (Å²) in [5.74, 6) is 0.195. The summed E-state index contributed by atoms with van der Waals surface area (Å²) in [6.45, 7) is 5.40. The maximum absolute atomic E-state index is 11.7. The van der Waals surface area contributed by atoms with Crippen molar-refractivity contribution in [3.63, 3.8) is 0 Å². The zero-order chi connectivity index (χ0) is 13.1. The van der Waals surface area contributed by atoms with E-state index < -0.39 is 5.54 Å². The van der Waals surface area contributed by atoms with Gasteiger partial charge in [0.1, 0.15) is 5.54 Å². The third kappa shape index (κ3) is 2.99. The number of likely N-dealkylation sites (N-methyl/N-ethyl adjacent to an activating group) is 1. The number of nitrogens with two attached hydrogens (primary N) is 1. The van der Waals surface area contributed by atoms with Gasteiger partial charge in [0, 0.05) is 6.04 Å². The Labute approximate surface area is 105 Å². The average Bonchev–Trinajstić information content (AvgIpc) is 2.69. The summed E-state index contributed by atoms with van der Waals surface area (Å²) < 4.78 is 0. The Bertz CT molecular complexity index is 267. The van der Waals surface area contributed by atoms with Crippen molar-refractivity contribution < 1.29 is 4.79 Å². The summed E-state index contributed by atoms with van der Waals surface area (Å²) in [5.41, 5.74) is 5.12. The molecule has 0 aromatic rings. The molecule has 0 spiro atoms. The quantitative estimate of drug-likeness (QED) is 0.728. The van der Waals surface area contributed by atoms with Crippen LogP contribution in [-0.2, 0) is 4.79 Å². The molecule has 1 saturated carbocycles. The largest absolute Gasteiger partial charge is 0.368 e. The van der Waals surface area contributed by atoms with Crippen molar-refractivity contribution in [2.45, 2.75) is 51.1 Å². The monoisotopic (exact) mass is 241 g/mol. The molecule has 0 aromatic carbocycles. The van der Waals surface area contributed by atoms with Crippen molar-refractivity contribution >= 4 is 5.91 Å². The second kappa shape index (κ2) is 5.83. The number of rotatable bonds is 6. The van der Waals surface area contributed by atoms with Crippen LogP contribution in [0.3, 0.4) is 0 Å². The van der Waals surface area contributed by atoms with Crippen molar-refractivity contribution in [1.29, 1.82) is 0 Å². The van der Waals surface area contributed by atoms with Gasteiger partial charge in [-0.2, -0.15) is 0 Å². The average molecular weight is 241 g/mol. The minimum Gasteiger partial charge on any atom is -0.368 e. The third-order valence-corrected chi connectivity index (χ3v) is 4.42. The molecule has 1 rings (SSSR count). The Morgan fingerprint density at radius 3 is 2.71 bits per heavy atom. The van der Waals surface area contributed by atoms with Crippen LogP contribution in [0.15, 0.2) is 0 Å². The molecular weight excluding hydrogens is 214 g/mol. The van der Waals surface area contributed by atoms with Crippen LogP contribution in [0.2, 0.25) is 0 Å². The lowest BCUT2D eigenvalue weighted by atomic mass is 9.84. The van der Waals surface area contributed by atoms with Crippen LogP contribution < -0.4 is 11.1 Å². The smallest absolute Gasteiger partial charge is 0.238 e. The minimum atomic E-state index is -0.460. The van der Waals surface area contributed by atoms with Gasteiger partial charge in [0.05, 0.1) is 0 Å². The highest BCUT2D eigenvalue weighted by Crippen LogP contribution is 2.37. The maximum atomic E-state index is 11.7. The molecule has 2 atom stereocenters. The molecule has 3 N–H and O–H groups in total. The van der Waals surface area contributed by atoms with Gasteiger partial charge < -0.3 is 16.0 Å². The van der Waals surface area contributed by atoms with Gasteiger partial charge in [0.15, 0.2) is 0 Å². The van der Waals surface area contributed by atoms with E-state index in [1.807, 2.05) is 7.05 Å². The Morgan fingerprint density at radius 1 is 1.59 bits per heavy atom.